The van der Waals surface area contributed by atoms with Gasteiger partial charge in [0.25, 0.3) is 5.91 Å². The van der Waals surface area contributed by atoms with E-state index in [1.807, 2.05) is 23.1 Å². The van der Waals surface area contributed by atoms with Gasteiger partial charge in [0.05, 0.1) is 34.5 Å². The summed E-state index contributed by atoms with van der Waals surface area (Å²) in [5, 5.41) is 0. The maximum Gasteiger partial charge on any atom is 0.254 e. The van der Waals surface area contributed by atoms with Gasteiger partial charge in [-0.25, -0.2) is 0 Å². The molecule has 0 aromatic heterocycles. The lowest BCUT2D eigenvalue weighted by atomic mass is 10.1. The van der Waals surface area contributed by atoms with Crippen molar-refractivity contribution in [1.82, 2.24) is 9.80 Å². The molecular weight excluding hydrogens is 432 g/mol. The fourth-order valence-electron chi connectivity index (χ4n) is 4.13. The fourth-order valence-corrected chi connectivity index (χ4v) is 4.13. The number of morpholine rings is 1. The Labute approximate surface area is 202 Å². The quantitative estimate of drug-likeness (QED) is 0.497. The molecule has 0 aliphatic carbocycles. The maximum atomic E-state index is 13.7. The minimum Gasteiger partial charge on any atom is -0.493 e. The predicted octanol–water partition coefficient (Wildman–Crippen LogP) is 3.98. The molecule has 184 valence electrons. The van der Waals surface area contributed by atoms with E-state index in [-0.39, 0.29) is 5.91 Å². The third-order valence-corrected chi connectivity index (χ3v) is 5.86. The molecule has 0 unspecified atom stereocenters. The molecule has 34 heavy (non-hydrogen) atoms. The van der Waals surface area contributed by atoms with Crippen molar-refractivity contribution in [3.63, 3.8) is 0 Å². The van der Waals surface area contributed by atoms with E-state index in [1.54, 1.807) is 33.5 Å². The van der Waals surface area contributed by atoms with Gasteiger partial charge in [-0.15, -0.1) is 0 Å². The second-order valence-electron chi connectivity index (χ2n) is 8.35. The molecule has 1 aliphatic heterocycles. The molecule has 0 bridgehead atoms. The molecule has 0 saturated carbocycles. The molecule has 1 aliphatic rings. The van der Waals surface area contributed by atoms with E-state index < -0.39 is 0 Å². The Morgan fingerprint density at radius 1 is 1.03 bits per heavy atom. The minimum atomic E-state index is -0.0676. The smallest absolute Gasteiger partial charge is 0.254 e. The second kappa shape index (κ2) is 13.0. The SMILES string of the molecule is COc1cc(C(=O)N(CCCN2CCOCC2)CC(C)=Cc2ccccc2)cc(OC)c1OC. The molecule has 1 fully saturated rings. The molecule has 7 nitrogen and oxygen atoms in total. The first-order valence-corrected chi connectivity index (χ1v) is 11.7. The maximum absolute atomic E-state index is 13.7. The summed E-state index contributed by atoms with van der Waals surface area (Å²) in [4.78, 5) is 17.9. The highest BCUT2D eigenvalue weighted by Gasteiger charge is 2.22. The van der Waals surface area contributed by atoms with Crippen molar-refractivity contribution < 1.29 is 23.7 Å². The first kappa shape index (κ1) is 25.6. The molecule has 1 saturated heterocycles. The van der Waals surface area contributed by atoms with Crippen LogP contribution in [0, 0.1) is 0 Å². The van der Waals surface area contributed by atoms with E-state index in [0.29, 0.717) is 35.9 Å². The van der Waals surface area contributed by atoms with Crippen molar-refractivity contribution >= 4 is 12.0 Å². The highest BCUT2D eigenvalue weighted by Crippen LogP contribution is 2.38. The fraction of sp³-hybridized carbons (Fsp3) is 0.444. The second-order valence-corrected chi connectivity index (χ2v) is 8.35. The van der Waals surface area contributed by atoms with Gasteiger partial charge >= 0.3 is 0 Å². The van der Waals surface area contributed by atoms with Crippen LogP contribution in [-0.4, -0.2) is 83.0 Å². The van der Waals surface area contributed by atoms with Crippen LogP contribution in [0.1, 0.15) is 29.3 Å². The van der Waals surface area contributed by atoms with Crippen LogP contribution in [0.5, 0.6) is 17.2 Å². The average Bonchev–Trinajstić information content (AvgIpc) is 2.87. The Balaban J connectivity index is 1.81. The third-order valence-electron chi connectivity index (χ3n) is 5.86. The molecule has 0 spiro atoms. The zero-order valence-electron chi connectivity index (χ0n) is 20.7. The normalized spacial score (nSPS) is 14.5. The molecule has 1 heterocycles. The molecule has 2 aromatic rings. The average molecular weight is 469 g/mol. The van der Waals surface area contributed by atoms with Crippen LogP contribution in [0.2, 0.25) is 0 Å². The molecule has 7 heteroatoms. The largest absolute Gasteiger partial charge is 0.493 e. The Bertz CT molecular complexity index is 930. The number of ether oxygens (including phenoxy) is 4. The number of carbonyl (C=O) groups excluding carboxylic acids is 1. The molecule has 0 radical (unpaired) electrons. The lowest BCUT2D eigenvalue weighted by Gasteiger charge is -2.29. The van der Waals surface area contributed by atoms with Crippen molar-refractivity contribution in [2.75, 3.05) is 67.3 Å². The van der Waals surface area contributed by atoms with Gasteiger partial charge in [-0.1, -0.05) is 42.0 Å². The number of hydrogen-bond acceptors (Lipinski definition) is 6. The number of amides is 1. The van der Waals surface area contributed by atoms with Crippen LogP contribution in [-0.2, 0) is 4.74 Å². The molecule has 3 rings (SSSR count). The van der Waals surface area contributed by atoms with E-state index in [0.717, 1.165) is 50.4 Å². The lowest BCUT2D eigenvalue weighted by molar-refractivity contribution is 0.0358. The zero-order valence-corrected chi connectivity index (χ0v) is 20.7. The summed E-state index contributed by atoms with van der Waals surface area (Å²) in [6.45, 7) is 7.59. The molecule has 0 N–H and O–H groups in total. The van der Waals surface area contributed by atoms with E-state index in [2.05, 4.69) is 30.0 Å². The van der Waals surface area contributed by atoms with Crippen LogP contribution in [0.4, 0.5) is 0 Å². The summed E-state index contributed by atoms with van der Waals surface area (Å²) < 4.78 is 21.8. The summed E-state index contributed by atoms with van der Waals surface area (Å²) in [5.74, 6) is 1.34. The number of methoxy groups -OCH3 is 3. The monoisotopic (exact) mass is 468 g/mol. The van der Waals surface area contributed by atoms with Crippen molar-refractivity contribution in [3.05, 3.63) is 59.2 Å². The highest BCUT2D eigenvalue weighted by atomic mass is 16.5. The van der Waals surface area contributed by atoms with E-state index in [4.69, 9.17) is 18.9 Å². The van der Waals surface area contributed by atoms with Gasteiger partial charge in [0.1, 0.15) is 0 Å². The summed E-state index contributed by atoms with van der Waals surface area (Å²) in [6, 6.07) is 13.6. The van der Waals surface area contributed by atoms with E-state index in [9.17, 15) is 4.79 Å². The molecule has 1 amide bonds. The van der Waals surface area contributed by atoms with Crippen LogP contribution in [0.3, 0.4) is 0 Å². The summed E-state index contributed by atoms with van der Waals surface area (Å²) in [5.41, 5.74) is 2.74. The van der Waals surface area contributed by atoms with Crippen LogP contribution < -0.4 is 14.2 Å². The van der Waals surface area contributed by atoms with Crippen LogP contribution in [0.15, 0.2) is 48.0 Å². The van der Waals surface area contributed by atoms with Crippen molar-refractivity contribution in [2.24, 2.45) is 0 Å². The summed E-state index contributed by atoms with van der Waals surface area (Å²) in [7, 11) is 4.66. The Morgan fingerprint density at radius 2 is 1.68 bits per heavy atom. The number of hydrogen-bond donors (Lipinski definition) is 0. The Kier molecular flexibility index (Phi) is 9.79. The number of rotatable bonds is 11. The summed E-state index contributed by atoms with van der Waals surface area (Å²) >= 11 is 0. The van der Waals surface area contributed by atoms with E-state index in [1.165, 1.54) is 0 Å². The Hall–Kier alpha value is -3.03. The van der Waals surface area contributed by atoms with Gasteiger partial charge in [-0.2, -0.15) is 0 Å². The van der Waals surface area contributed by atoms with Gasteiger partial charge in [-0.05, 0) is 31.0 Å². The van der Waals surface area contributed by atoms with Gasteiger partial charge in [0.15, 0.2) is 11.5 Å². The molecule has 0 atom stereocenters. The van der Waals surface area contributed by atoms with Crippen molar-refractivity contribution in [3.8, 4) is 17.2 Å². The highest BCUT2D eigenvalue weighted by molar-refractivity contribution is 5.96. The first-order chi connectivity index (χ1) is 16.5. The van der Waals surface area contributed by atoms with Crippen LogP contribution >= 0.6 is 0 Å². The Morgan fingerprint density at radius 3 is 2.26 bits per heavy atom. The van der Waals surface area contributed by atoms with Crippen molar-refractivity contribution in [1.29, 1.82) is 0 Å². The number of carbonyl (C=O) groups is 1. The third kappa shape index (κ3) is 6.98. The number of benzene rings is 2. The first-order valence-electron chi connectivity index (χ1n) is 11.7. The van der Waals surface area contributed by atoms with Crippen LogP contribution in [0.25, 0.3) is 6.08 Å². The van der Waals surface area contributed by atoms with Gasteiger partial charge < -0.3 is 23.8 Å². The number of nitrogens with zero attached hydrogens (tertiary/aromatic N) is 2. The standard InChI is InChI=1S/C27H36N2O5/c1-21(17-22-9-6-5-7-10-22)20-29(12-8-11-28-13-15-34-16-14-28)27(30)23-18-24(31-2)26(33-4)25(19-23)32-3/h5-7,9-10,17-19H,8,11-16,20H2,1-4H3. The lowest BCUT2D eigenvalue weighted by Crippen LogP contribution is -2.39. The minimum absolute atomic E-state index is 0.0676. The molecule has 2 aromatic carbocycles. The zero-order chi connectivity index (χ0) is 24.3. The summed E-state index contributed by atoms with van der Waals surface area (Å²) in [6.07, 6.45) is 3.01. The molecular formula is C27H36N2O5. The van der Waals surface area contributed by atoms with Gasteiger partial charge in [0, 0.05) is 38.3 Å². The topological polar surface area (TPSA) is 60.5 Å². The predicted molar refractivity (Wildman–Crippen MR) is 134 cm³/mol. The van der Waals surface area contributed by atoms with E-state index >= 15 is 0 Å². The van der Waals surface area contributed by atoms with Gasteiger partial charge in [-0.3, -0.25) is 9.69 Å². The van der Waals surface area contributed by atoms with Gasteiger partial charge in [0.2, 0.25) is 5.75 Å². The van der Waals surface area contributed by atoms with Crippen molar-refractivity contribution in [2.45, 2.75) is 13.3 Å².